The first kappa shape index (κ1) is 12.5. The summed E-state index contributed by atoms with van der Waals surface area (Å²) in [4.78, 5) is 22.1. The van der Waals surface area contributed by atoms with Crippen LogP contribution in [0.3, 0.4) is 0 Å². The Bertz CT molecular complexity index is 409. The number of carbonyl (C=O) groups is 2. The molecule has 16 heavy (non-hydrogen) atoms. The van der Waals surface area contributed by atoms with E-state index in [-0.39, 0.29) is 5.91 Å². The zero-order valence-corrected chi connectivity index (χ0v) is 10.2. The van der Waals surface area contributed by atoms with E-state index in [1.54, 1.807) is 25.1 Å². The van der Waals surface area contributed by atoms with Crippen LogP contribution < -0.4 is 16.4 Å². The van der Waals surface area contributed by atoms with E-state index in [0.717, 1.165) is 4.47 Å². The molecule has 86 valence electrons. The van der Waals surface area contributed by atoms with Gasteiger partial charge in [-0.05, 0) is 25.1 Å². The van der Waals surface area contributed by atoms with Crippen molar-refractivity contribution in [3.8, 4) is 0 Å². The van der Waals surface area contributed by atoms with Crippen molar-refractivity contribution in [3.63, 3.8) is 0 Å². The number of primary amides is 1. The third-order valence-electron chi connectivity index (χ3n) is 1.84. The minimum absolute atomic E-state index is 0.322. The lowest BCUT2D eigenvalue weighted by atomic mass is 10.2. The Hall–Kier alpha value is -1.56. The van der Waals surface area contributed by atoms with Gasteiger partial charge in [0, 0.05) is 10.2 Å². The SMILES string of the molecule is CC(NC(N)=O)C(=O)Nc1cccc(Br)c1. The van der Waals surface area contributed by atoms with Gasteiger partial charge in [0.25, 0.3) is 0 Å². The summed E-state index contributed by atoms with van der Waals surface area (Å²) in [5, 5.41) is 4.94. The molecule has 1 aromatic carbocycles. The molecule has 5 nitrogen and oxygen atoms in total. The zero-order chi connectivity index (χ0) is 12.1. The maximum Gasteiger partial charge on any atom is 0.312 e. The Morgan fingerprint density at radius 2 is 2.12 bits per heavy atom. The van der Waals surface area contributed by atoms with Gasteiger partial charge >= 0.3 is 6.03 Å². The highest BCUT2D eigenvalue weighted by molar-refractivity contribution is 9.10. The Balaban J connectivity index is 2.60. The number of benzene rings is 1. The van der Waals surface area contributed by atoms with Gasteiger partial charge in [0.1, 0.15) is 6.04 Å². The summed E-state index contributed by atoms with van der Waals surface area (Å²) < 4.78 is 0.862. The van der Waals surface area contributed by atoms with E-state index in [1.165, 1.54) is 0 Å². The first-order valence-electron chi connectivity index (χ1n) is 4.61. The van der Waals surface area contributed by atoms with E-state index in [0.29, 0.717) is 5.69 Å². The minimum Gasteiger partial charge on any atom is -0.352 e. The topological polar surface area (TPSA) is 84.2 Å². The van der Waals surface area contributed by atoms with Gasteiger partial charge in [-0.25, -0.2) is 4.79 Å². The molecule has 1 atom stereocenters. The second-order valence-electron chi connectivity index (χ2n) is 3.23. The van der Waals surface area contributed by atoms with Crippen LogP contribution in [-0.2, 0) is 4.79 Å². The maximum absolute atomic E-state index is 11.6. The van der Waals surface area contributed by atoms with Gasteiger partial charge in [-0.2, -0.15) is 0 Å². The lowest BCUT2D eigenvalue weighted by Gasteiger charge is -2.12. The monoisotopic (exact) mass is 285 g/mol. The molecule has 0 aromatic heterocycles. The second kappa shape index (κ2) is 5.50. The number of rotatable bonds is 3. The van der Waals surface area contributed by atoms with Gasteiger partial charge < -0.3 is 16.4 Å². The van der Waals surface area contributed by atoms with Gasteiger partial charge in [0.2, 0.25) is 5.91 Å². The van der Waals surface area contributed by atoms with Crippen LogP contribution in [0.25, 0.3) is 0 Å². The van der Waals surface area contributed by atoms with Crippen molar-refractivity contribution in [1.29, 1.82) is 0 Å². The van der Waals surface area contributed by atoms with Crippen LogP contribution in [0.15, 0.2) is 28.7 Å². The summed E-state index contributed by atoms with van der Waals surface area (Å²) in [7, 11) is 0. The molecule has 4 N–H and O–H groups in total. The van der Waals surface area contributed by atoms with Crippen molar-refractivity contribution in [3.05, 3.63) is 28.7 Å². The number of hydrogen-bond donors (Lipinski definition) is 3. The summed E-state index contributed by atoms with van der Waals surface area (Å²) in [6, 6.07) is 5.76. The largest absolute Gasteiger partial charge is 0.352 e. The summed E-state index contributed by atoms with van der Waals surface area (Å²) in [6.45, 7) is 1.55. The number of halogens is 1. The average molecular weight is 286 g/mol. The molecular formula is C10H12BrN3O2. The van der Waals surface area contributed by atoms with Crippen molar-refractivity contribution in [2.45, 2.75) is 13.0 Å². The highest BCUT2D eigenvalue weighted by Crippen LogP contribution is 2.15. The molecular weight excluding hydrogens is 274 g/mol. The summed E-state index contributed by atoms with van der Waals surface area (Å²) in [5.41, 5.74) is 5.56. The van der Waals surface area contributed by atoms with E-state index in [1.807, 2.05) is 6.07 Å². The van der Waals surface area contributed by atoms with Crippen molar-refractivity contribution in [2.75, 3.05) is 5.32 Å². The summed E-state index contributed by atoms with van der Waals surface area (Å²) in [5.74, 6) is -0.322. The van der Waals surface area contributed by atoms with E-state index >= 15 is 0 Å². The molecule has 1 aromatic rings. The van der Waals surface area contributed by atoms with Gasteiger partial charge in [0.15, 0.2) is 0 Å². The van der Waals surface area contributed by atoms with Crippen molar-refractivity contribution >= 4 is 33.6 Å². The molecule has 1 unspecified atom stereocenters. The second-order valence-corrected chi connectivity index (χ2v) is 4.15. The standard InChI is InChI=1S/C10H12BrN3O2/c1-6(13-10(12)16)9(15)14-8-4-2-3-7(11)5-8/h2-6H,1H3,(H,14,15)(H3,12,13,16). The fraction of sp³-hybridized carbons (Fsp3) is 0.200. The molecule has 0 saturated carbocycles. The molecule has 0 heterocycles. The number of hydrogen-bond acceptors (Lipinski definition) is 2. The van der Waals surface area contributed by atoms with Crippen LogP contribution in [0.1, 0.15) is 6.92 Å². The van der Waals surface area contributed by atoms with Gasteiger partial charge in [0.05, 0.1) is 0 Å². The van der Waals surface area contributed by atoms with E-state index in [9.17, 15) is 9.59 Å². The molecule has 0 spiro atoms. The summed E-state index contributed by atoms with van der Waals surface area (Å²) >= 11 is 3.29. The smallest absolute Gasteiger partial charge is 0.312 e. The fourth-order valence-corrected chi connectivity index (χ4v) is 1.49. The molecule has 0 aliphatic carbocycles. The van der Waals surface area contributed by atoms with Crippen LogP contribution in [0.5, 0.6) is 0 Å². The highest BCUT2D eigenvalue weighted by atomic mass is 79.9. The molecule has 0 fully saturated rings. The molecule has 1 rings (SSSR count). The first-order chi connectivity index (χ1) is 7.49. The summed E-state index contributed by atoms with van der Waals surface area (Å²) in [6.07, 6.45) is 0. The average Bonchev–Trinajstić information content (AvgIpc) is 2.16. The normalized spacial score (nSPS) is 11.6. The van der Waals surface area contributed by atoms with E-state index in [2.05, 4.69) is 26.6 Å². The first-order valence-corrected chi connectivity index (χ1v) is 5.40. The predicted octanol–water partition coefficient (Wildman–Crippen LogP) is 1.44. The third kappa shape index (κ3) is 3.90. The van der Waals surface area contributed by atoms with Crippen LogP contribution in [-0.4, -0.2) is 18.0 Å². The number of amides is 3. The Morgan fingerprint density at radius 1 is 1.44 bits per heavy atom. The third-order valence-corrected chi connectivity index (χ3v) is 2.34. The maximum atomic E-state index is 11.6. The van der Waals surface area contributed by atoms with Crippen molar-refractivity contribution in [2.24, 2.45) is 5.73 Å². The minimum atomic E-state index is -0.725. The lowest BCUT2D eigenvalue weighted by molar-refractivity contribution is -0.117. The lowest BCUT2D eigenvalue weighted by Crippen LogP contribution is -2.44. The Labute approximate surface area is 102 Å². The molecule has 3 amide bonds. The van der Waals surface area contributed by atoms with Gasteiger partial charge in [-0.3, -0.25) is 4.79 Å². The van der Waals surface area contributed by atoms with Crippen LogP contribution in [0.2, 0.25) is 0 Å². The number of carbonyl (C=O) groups excluding carboxylic acids is 2. The van der Waals surface area contributed by atoms with Crippen molar-refractivity contribution in [1.82, 2.24) is 5.32 Å². The number of nitrogens with two attached hydrogens (primary N) is 1. The number of anilines is 1. The van der Waals surface area contributed by atoms with Gasteiger partial charge in [-0.15, -0.1) is 0 Å². The van der Waals surface area contributed by atoms with Gasteiger partial charge in [-0.1, -0.05) is 22.0 Å². The Morgan fingerprint density at radius 3 is 2.69 bits per heavy atom. The molecule has 0 saturated heterocycles. The highest BCUT2D eigenvalue weighted by Gasteiger charge is 2.13. The van der Waals surface area contributed by atoms with Crippen molar-refractivity contribution < 1.29 is 9.59 Å². The van der Waals surface area contributed by atoms with Crippen LogP contribution >= 0.6 is 15.9 Å². The van der Waals surface area contributed by atoms with Crippen LogP contribution in [0, 0.1) is 0 Å². The fourth-order valence-electron chi connectivity index (χ4n) is 1.10. The number of nitrogens with one attached hydrogen (secondary N) is 2. The molecule has 0 aliphatic rings. The van der Waals surface area contributed by atoms with E-state index in [4.69, 9.17) is 5.73 Å². The zero-order valence-electron chi connectivity index (χ0n) is 8.66. The van der Waals surface area contributed by atoms with Crippen LogP contribution in [0.4, 0.5) is 10.5 Å². The quantitative estimate of drug-likeness (QED) is 0.785. The molecule has 0 aliphatic heterocycles. The molecule has 6 heteroatoms. The van der Waals surface area contributed by atoms with E-state index < -0.39 is 12.1 Å². The molecule has 0 radical (unpaired) electrons. The molecule has 0 bridgehead atoms. The number of urea groups is 1. The predicted molar refractivity (Wildman–Crippen MR) is 65.0 cm³/mol. The Kier molecular flexibility index (Phi) is 4.30.